The lowest BCUT2D eigenvalue weighted by molar-refractivity contribution is 0.662. The van der Waals surface area contributed by atoms with Crippen molar-refractivity contribution in [2.24, 2.45) is 10.2 Å². The van der Waals surface area contributed by atoms with Crippen LogP contribution < -0.4 is 0 Å². The van der Waals surface area contributed by atoms with Gasteiger partial charge in [-0.2, -0.15) is 10.2 Å². The quantitative estimate of drug-likeness (QED) is 0.0647. The maximum atomic E-state index is 5.03. The molecule has 0 amide bonds. The smallest absolute Gasteiger partial charge is 0.0892 e. The standard InChI is InChI=1S/C36H56I2N2/c1-5-9-13-17-21-29-27-35(31(25-33(29)37)23-19-15-11-7-3)39-40-36-28-30(22-18-14-10-6-2)34(38)26-32(36)24-20-16-12-8-4/h25-28H,5-24H2,1-4H3. The highest BCUT2D eigenvalue weighted by molar-refractivity contribution is 14.1. The first-order chi connectivity index (χ1) is 19.5. The Kier molecular flexibility index (Phi) is 19.7. The predicted molar refractivity (Wildman–Crippen MR) is 194 cm³/mol. The van der Waals surface area contributed by atoms with Crippen LogP contribution in [0.2, 0.25) is 0 Å². The van der Waals surface area contributed by atoms with Gasteiger partial charge in [-0.05, 0) is 143 Å². The van der Waals surface area contributed by atoms with Gasteiger partial charge in [0, 0.05) is 7.14 Å². The van der Waals surface area contributed by atoms with Crippen molar-refractivity contribution in [1.82, 2.24) is 0 Å². The molecule has 2 aromatic carbocycles. The van der Waals surface area contributed by atoms with Crippen molar-refractivity contribution in [3.05, 3.63) is 53.7 Å². The number of rotatable bonds is 22. The third-order valence-corrected chi connectivity index (χ3v) is 9.97. The van der Waals surface area contributed by atoms with Gasteiger partial charge in [0.15, 0.2) is 0 Å². The van der Waals surface area contributed by atoms with E-state index >= 15 is 0 Å². The summed E-state index contributed by atoms with van der Waals surface area (Å²) in [6.45, 7) is 9.15. The van der Waals surface area contributed by atoms with Crippen LogP contribution in [0.3, 0.4) is 0 Å². The van der Waals surface area contributed by atoms with Crippen LogP contribution in [0.1, 0.15) is 153 Å². The van der Waals surface area contributed by atoms with Crippen LogP contribution in [0.5, 0.6) is 0 Å². The average Bonchev–Trinajstić information content (AvgIpc) is 2.95. The molecule has 4 heteroatoms. The molecule has 224 valence electrons. The predicted octanol–water partition coefficient (Wildman–Crippen LogP) is 13.8. The van der Waals surface area contributed by atoms with Crippen molar-refractivity contribution < 1.29 is 0 Å². The van der Waals surface area contributed by atoms with Gasteiger partial charge in [0.2, 0.25) is 0 Å². The molecular formula is C36H56I2N2. The van der Waals surface area contributed by atoms with Gasteiger partial charge in [-0.1, -0.05) is 105 Å². The zero-order valence-corrected chi connectivity index (χ0v) is 30.4. The first-order valence-corrected chi connectivity index (χ1v) is 18.7. The van der Waals surface area contributed by atoms with E-state index in [-0.39, 0.29) is 0 Å². The Labute approximate surface area is 274 Å². The fourth-order valence-electron chi connectivity index (χ4n) is 5.34. The van der Waals surface area contributed by atoms with Gasteiger partial charge in [0.25, 0.3) is 0 Å². The molecule has 0 aliphatic rings. The summed E-state index contributed by atoms with van der Waals surface area (Å²) in [6, 6.07) is 9.56. The third kappa shape index (κ3) is 13.6. The summed E-state index contributed by atoms with van der Waals surface area (Å²) in [4.78, 5) is 0. The molecule has 0 aliphatic heterocycles. The molecule has 0 N–H and O–H groups in total. The lowest BCUT2D eigenvalue weighted by Gasteiger charge is -2.13. The van der Waals surface area contributed by atoms with E-state index in [1.807, 2.05) is 0 Å². The number of aryl methyl sites for hydroxylation is 4. The van der Waals surface area contributed by atoms with E-state index in [0.717, 1.165) is 37.1 Å². The third-order valence-electron chi connectivity index (χ3n) is 7.96. The summed E-state index contributed by atoms with van der Waals surface area (Å²) < 4.78 is 2.80. The van der Waals surface area contributed by atoms with E-state index in [1.165, 1.54) is 132 Å². The van der Waals surface area contributed by atoms with E-state index in [9.17, 15) is 0 Å². The second kappa shape index (κ2) is 22.1. The molecule has 0 radical (unpaired) electrons. The molecule has 0 heterocycles. The molecule has 0 saturated heterocycles. The number of nitrogens with zero attached hydrogens (tertiary/aromatic N) is 2. The lowest BCUT2D eigenvalue weighted by atomic mass is 9.99. The molecule has 0 saturated carbocycles. The Balaban J connectivity index is 2.37. The molecule has 0 unspecified atom stereocenters. The van der Waals surface area contributed by atoms with Crippen LogP contribution in [0.25, 0.3) is 0 Å². The van der Waals surface area contributed by atoms with E-state index in [2.05, 4.69) is 97.1 Å². The number of hydrogen-bond donors (Lipinski definition) is 0. The van der Waals surface area contributed by atoms with Crippen molar-refractivity contribution in [3.63, 3.8) is 0 Å². The van der Waals surface area contributed by atoms with Crippen LogP contribution in [0.4, 0.5) is 11.4 Å². The van der Waals surface area contributed by atoms with Crippen molar-refractivity contribution in [2.75, 3.05) is 0 Å². The van der Waals surface area contributed by atoms with Crippen molar-refractivity contribution in [3.8, 4) is 0 Å². The fourth-order valence-corrected chi connectivity index (χ4v) is 6.94. The molecule has 2 nitrogen and oxygen atoms in total. The molecule has 0 fully saturated rings. The second-order valence-electron chi connectivity index (χ2n) is 11.6. The van der Waals surface area contributed by atoms with Gasteiger partial charge in [-0.15, -0.1) is 0 Å². The molecular weight excluding hydrogens is 714 g/mol. The van der Waals surface area contributed by atoms with Gasteiger partial charge < -0.3 is 0 Å². The Hall–Kier alpha value is -0.500. The van der Waals surface area contributed by atoms with Crippen LogP contribution in [-0.4, -0.2) is 0 Å². The lowest BCUT2D eigenvalue weighted by Crippen LogP contribution is -1.96. The van der Waals surface area contributed by atoms with Crippen LogP contribution >= 0.6 is 45.2 Å². The largest absolute Gasteiger partial charge is 0.150 e. The van der Waals surface area contributed by atoms with Gasteiger partial charge >= 0.3 is 0 Å². The zero-order valence-electron chi connectivity index (χ0n) is 26.1. The minimum atomic E-state index is 1.10. The van der Waals surface area contributed by atoms with Crippen LogP contribution in [-0.2, 0) is 25.7 Å². The van der Waals surface area contributed by atoms with Crippen LogP contribution in [0, 0.1) is 7.14 Å². The van der Waals surface area contributed by atoms with E-state index in [1.54, 1.807) is 0 Å². The summed E-state index contributed by atoms with van der Waals surface area (Å²) in [6.07, 6.45) is 25.1. The van der Waals surface area contributed by atoms with Gasteiger partial charge in [0.05, 0.1) is 11.4 Å². The highest BCUT2D eigenvalue weighted by Crippen LogP contribution is 2.33. The van der Waals surface area contributed by atoms with E-state index < -0.39 is 0 Å². The molecule has 0 atom stereocenters. The van der Waals surface area contributed by atoms with E-state index in [0.29, 0.717) is 0 Å². The Morgan fingerprint density at radius 1 is 0.400 bits per heavy atom. The van der Waals surface area contributed by atoms with Crippen molar-refractivity contribution in [1.29, 1.82) is 0 Å². The molecule has 0 aliphatic carbocycles. The Bertz CT molecular complexity index is 919. The monoisotopic (exact) mass is 770 g/mol. The highest BCUT2D eigenvalue weighted by Gasteiger charge is 2.12. The van der Waals surface area contributed by atoms with Gasteiger partial charge in [-0.3, -0.25) is 0 Å². The number of halogens is 2. The Morgan fingerprint density at radius 2 is 0.700 bits per heavy atom. The molecule has 2 aromatic rings. The summed E-state index contributed by atoms with van der Waals surface area (Å²) in [5.74, 6) is 0. The number of azo groups is 1. The van der Waals surface area contributed by atoms with Gasteiger partial charge in [0.1, 0.15) is 0 Å². The SMILES string of the molecule is CCCCCCc1cc(N=Nc2cc(CCCCCC)c(I)cc2CCCCCC)c(CCCCCC)cc1I. The first-order valence-electron chi connectivity index (χ1n) is 16.6. The summed E-state index contributed by atoms with van der Waals surface area (Å²) >= 11 is 5.11. The summed E-state index contributed by atoms with van der Waals surface area (Å²) in [7, 11) is 0. The zero-order chi connectivity index (χ0) is 29.0. The van der Waals surface area contributed by atoms with Crippen molar-refractivity contribution in [2.45, 2.75) is 156 Å². The molecule has 0 bridgehead atoms. The normalized spacial score (nSPS) is 11.7. The maximum absolute atomic E-state index is 5.03. The molecule has 40 heavy (non-hydrogen) atoms. The highest BCUT2D eigenvalue weighted by atomic mass is 127. The van der Waals surface area contributed by atoms with E-state index in [4.69, 9.17) is 10.2 Å². The summed E-state index contributed by atoms with van der Waals surface area (Å²) in [5, 5.41) is 10.1. The minimum Gasteiger partial charge on any atom is -0.150 e. The van der Waals surface area contributed by atoms with Gasteiger partial charge in [-0.25, -0.2) is 0 Å². The minimum absolute atomic E-state index is 1.10. The second-order valence-corrected chi connectivity index (χ2v) is 13.9. The fraction of sp³-hybridized carbons (Fsp3) is 0.667. The summed E-state index contributed by atoms with van der Waals surface area (Å²) in [5.41, 5.74) is 7.83. The molecule has 0 spiro atoms. The topological polar surface area (TPSA) is 24.7 Å². The number of benzene rings is 2. The Morgan fingerprint density at radius 3 is 1.00 bits per heavy atom. The van der Waals surface area contributed by atoms with Crippen molar-refractivity contribution >= 4 is 56.6 Å². The average molecular weight is 771 g/mol. The maximum Gasteiger partial charge on any atom is 0.0892 e. The number of unbranched alkanes of at least 4 members (excludes halogenated alkanes) is 12. The first kappa shape index (κ1) is 35.7. The number of hydrogen-bond acceptors (Lipinski definition) is 2. The van der Waals surface area contributed by atoms with Crippen LogP contribution in [0.15, 0.2) is 34.5 Å². The molecule has 2 rings (SSSR count). The molecule has 0 aromatic heterocycles.